The van der Waals surface area contributed by atoms with Crippen molar-refractivity contribution >= 4 is 15.9 Å². The predicted octanol–water partition coefficient (Wildman–Crippen LogP) is 3.15. The van der Waals surface area contributed by atoms with Gasteiger partial charge in [0.2, 0.25) is 0 Å². The molecule has 5 heteroatoms. The van der Waals surface area contributed by atoms with E-state index in [4.69, 9.17) is 10.6 Å². The summed E-state index contributed by atoms with van der Waals surface area (Å²) in [5.41, 5.74) is 4.00. The average Bonchev–Trinajstić information content (AvgIpc) is 2.43. The summed E-state index contributed by atoms with van der Waals surface area (Å²) >= 11 is 3.36. The van der Waals surface area contributed by atoms with Gasteiger partial charge >= 0.3 is 0 Å². The molecule has 0 fully saturated rings. The molecule has 2 aromatic carbocycles. The summed E-state index contributed by atoms with van der Waals surface area (Å²) in [5, 5.41) is 0. The van der Waals surface area contributed by atoms with Gasteiger partial charge in [0.1, 0.15) is 11.6 Å². The fraction of sp³-hybridized carbons (Fsp3) is 0.143. The quantitative estimate of drug-likeness (QED) is 0.671. The molecule has 0 aromatic heterocycles. The van der Waals surface area contributed by atoms with Gasteiger partial charge in [0.15, 0.2) is 0 Å². The fourth-order valence-corrected chi connectivity index (χ4v) is 2.15. The van der Waals surface area contributed by atoms with Crippen LogP contribution in [0.25, 0.3) is 0 Å². The van der Waals surface area contributed by atoms with Gasteiger partial charge in [-0.15, -0.1) is 0 Å². The van der Waals surface area contributed by atoms with Crippen molar-refractivity contribution in [1.29, 1.82) is 0 Å². The van der Waals surface area contributed by atoms with Crippen molar-refractivity contribution in [2.24, 2.45) is 5.84 Å². The zero-order valence-corrected chi connectivity index (χ0v) is 11.9. The Morgan fingerprint density at radius 3 is 2.42 bits per heavy atom. The molecule has 0 saturated heterocycles. The summed E-state index contributed by atoms with van der Waals surface area (Å²) < 4.78 is 20.0. The van der Waals surface area contributed by atoms with Gasteiger partial charge in [-0.25, -0.2) is 9.82 Å². The Morgan fingerprint density at radius 1 is 1.21 bits per heavy atom. The lowest BCUT2D eigenvalue weighted by Gasteiger charge is -2.18. The van der Waals surface area contributed by atoms with Crippen LogP contribution in [0.4, 0.5) is 4.39 Å². The first kappa shape index (κ1) is 14.0. The molecule has 19 heavy (non-hydrogen) atoms. The van der Waals surface area contributed by atoms with E-state index < -0.39 is 6.04 Å². The molecule has 0 saturated carbocycles. The molecule has 1 unspecified atom stereocenters. The molecule has 2 rings (SSSR count). The second-order valence-electron chi connectivity index (χ2n) is 4.04. The maximum atomic E-state index is 14.1. The van der Waals surface area contributed by atoms with Crippen LogP contribution in [0.3, 0.4) is 0 Å². The van der Waals surface area contributed by atoms with Crippen molar-refractivity contribution < 1.29 is 9.13 Å². The number of benzene rings is 2. The van der Waals surface area contributed by atoms with Gasteiger partial charge in [-0.05, 0) is 23.8 Å². The lowest BCUT2D eigenvalue weighted by molar-refractivity contribution is 0.410. The molecule has 100 valence electrons. The topological polar surface area (TPSA) is 47.3 Å². The summed E-state index contributed by atoms with van der Waals surface area (Å²) in [4.78, 5) is 0. The smallest absolute Gasteiger partial charge is 0.132 e. The van der Waals surface area contributed by atoms with Crippen molar-refractivity contribution in [2.45, 2.75) is 6.04 Å². The predicted molar refractivity (Wildman–Crippen MR) is 76.3 cm³/mol. The molecule has 2 aromatic rings. The number of halogens is 2. The number of hydrogen-bond donors (Lipinski definition) is 2. The molecule has 0 aliphatic heterocycles. The van der Waals surface area contributed by atoms with E-state index in [0.29, 0.717) is 11.3 Å². The minimum Gasteiger partial charge on any atom is -0.497 e. The largest absolute Gasteiger partial charge is 0.497 e. The summed E-state index contributed by atoms with van der Waals surface area (Å²) in [6.45, 7) is 0. The number of nitrogens with two attached hydrogens (primary N) is 1. The number of methoxy groups -OCH3 is 1. The highest BCUT2D eigenvalue weighted by atomic mass is 79.9. The SMILES string of the molecule is COc1ccc(C(NN)c2ccc(Br)cc2)c(F)c1. The first-order chi connectivity index (χ1) is 9.15. The molecule has 1 atom stereocenters. The Kier molecular flexibility index (Phi) is 4.52. The fourth-order valence-electron chi connectivity index (χ4n) is 1.89. The maximum Gasteiger partial charge on any atom is 0.132 e. The van der Waals surface area contributed by atoms with Gasteiger partial charge in [-0.3, -0.25) is 5.84 Å². The highest BCUT2D eigenvalue weighted by Gasteiger charge is 2.17. The molecule has 3 nitrogen and oxygen atoms in total. The number of rotatable bonds is 4. The number of ether oxygens (including phenoxy) is 1. The monoisotopic (exact) mass is 324 g/mol. The van der Waals surface area contributed by atoms with Crippen LogP contribution in [0.2, 0.25) is 0 Å². The molecule has 0 radical (unpaired) electrons. The second kappa shape index (κ2) is 6.14. The molecule has 0 amide bonds. The van der Waals surface area contributed by atoms with Gasteiger partial charge in [0.25, 0.3) is 0 Å². The third-order valence-electron chi connectivity index (χ3n) is 2.89. The summed E-state index contributed by atoms with van der Waals surface area (Å²) in [6, 6.07) is 11.9. The molecule has 0 heterocycles. The molecule has 0 bridgehead atoms. The van der Waals surface area contributed by atoms with Crippen molar-refractivity contribution in [1.82, 2.24) is 5.43 Å². The van der Waals surface area contributed by atoms with E-state index in [9.17, 15) is 4.39 Å². The van der Waals surface area contributed by atoms with Crippen LogP contribution in [0.15, 0.2) is 46.9 Å². The molecule has 3 N–H and O–H groups in total. The Bertz CT molecular complexity index is 560. The third kappa shape index (κ3) is 3.12. The third-order valence-corrected chi connectivity index (χ3v) is 3.42. The summed E-state index contributed by atoms with van der Waals surface area (Å²) in [7, 11) is 1.50. The summed E-state index contributed by atoms with van der Waals surface area (Å²) in [6.07, 6.45) is 0. The van der Waals surface area contributed by atoms with Crippen molar-refractivity contribution in [3.63, 3.8) is 0 Å². The first-order valence-electron chi connectivity index (χ1n) is 5.70. The van der Waals surface area contributed by atoms with Crippen LogP contribution >= 0.6 is 15.9 Å². The van der Waals surface area contributed by atoms with Gasteiger partial charge < -0.3 is 4.74 Å². The standard InChI is InChI=1S/C14H14BrFN2O/c1-19-11-6-7-12(13(16)8-11)14(18-17)9-2-4-10(15)5-3-9/h2-8,14,18H,17H2,1H3. The van der Waals surface area contributed by atoms with E-state index in [1.807, 2.05) is 24.3 Å². The van der Waals surface area contributed by atoms with E-state index >= 15 is 0 Å². The number of hydrazine groups is 1. The van der Waals surface area contributed by atoms with E-state index in [1.54, 1.807) is 12.1 Å². The Labute approximate surface area is 119 Å². The van der Waals surface area contributed by atoms with Crippen LogP contribution in [0.5, 0.6) is 5.75 Å². The maximum absolute atomic E-state index is 14.1. The van der Waals surface area contributed by atoms with E-state index in [1.165, 1.54) is 13.2 Å². The lowest BCUT2D eigenvalue weighted by atomic mass is 9.99. The Balaban J connectivity index is 2.39. The molecule has 0 spiro atoms. The van der Waals surface area contributed by atoms with Crippen molar-refractivity contribution in [2.75, 3.05) is 7.11 Å². The van der Waals surface area contributed by atoms with E-state index in [2.05, 4.69) is 21.4 Å². The second-order valence-corrected chi connectivity index (χ2v) is 4.95. The van der Waals surface area contributed by atoms with E-state index in [-0.39, 0.29) is 5.82 Å². The van der Waals surface area contributed by atoms with Gasteiger partial charge in [-0.2, -0.15) is 0 Å². The highest BCUT2D eigenvalue weighted by molar-refractivity contribution is 9.10. The zero-order chi connectivity index (χ0) is 13.8. The molecular weight excluding hydrogens is 311 g/mol. The van der Waals surface area contributed by atoms with Crippen LogP contribution in [-0.4, -0.2) is 7.11 Å². The summed E-state index contributed by atoms with van der Waals surface area (Å²) in [5.74, 6) is 5.68. The number of hydrogen-bond acceptors (Lipinski definition) is 3. The highest BCUT2D eigenvalue weighted by Crippen LogP contribution is 2.27. The van der Waals surface area contributed by atoms with Crippen LogP contribution in [-0.2, 0) is 0 Å². The molecule has 0 aliphatic carbocycles. The van der Waals surface area contributed by atoms with Crippen molar-refractivity contribution in [3.05, 3.63) is 63.9 Å². The molecular formula is C14H14BrFN2O. The Morgan fingerprint density at radius 2 is 1.89 bits per heavy atom. The van der Waals surface area contributed by atoms with Crippen LogP contribution in [0, 0.1) is 5.82 Å². The minimum absolute atomic E-state index is 0.356. The van der Waals surface area contributed by atoms with Gasteiger partial charge in [-0.1, -0.05) is 34.1 Å². The van der Waals surface area contributed by atoms with Crippen LogP contribution in [0.1, 0.15) is 17.2 Å². The average molecular weight is 325 g/mol. The van der Waals surface area contributed by atoms with E-state index in [0.717, 1.165) is 10.0 Å². The normalized spacial score (nSPS) is 12.2. The molecule has 0 aliphatic rings. The van der Waals surface area contributed by atoms with Crippen LogP contribution < -0.4 is 16.0 Å². The number of nitrogens with one attached hydrogen (secondary N) is 1. The van der Waals surface area contributed by atoms with Gasteiger partial charge in [0.05, 0.1) is 13.2 Å². The minimum atomic E-state index is -0.404. The zero-order valence-electron chi connectivity index (χ0n) is 10.4. The lowest BCUT2D eigenvalue weighted by Crippen LogP contribution is -2.29. The first-order valence-corrected chi connectivity index (χ1v) is 6.50. The Hall–Kier alpha value is -1.43. The van der Waals surface area contributed by atoms with Gasteiger partial charge in [0, 0.05) is 16.1 Å². The van der Waals surface area contributed by atoms with Crippen molar-refractivity contribution in [3.8, 4) is 5.75 Å².